The summed E-state index contributed by atoms with van der Waals surface area (Å²) in [6.07, 6.45) is 9.52. The molecule has 2 aromatic heterocycles. The van der Waals surface area contributed by atoms with Gasteiger partial charge in [0.15, 0.2) is 0 Å². The minimum Gasteiger partial charge on any atom is -0.494 e. The van der Waals surface area contributed by atoms with Crippen LogP contribution < -0.4 is 15.4 Å². The molecule has 0 radical (unpaired) electrons. The maximum atomic E-state index is 12.8. The Kier molecular flexibility index (Phi) is 8.05. The van der Waals surface area contributed by atoms with Gasteiger partial charge in [0.1, 0.15) is 11.4 Å². The van der Waals surface area contributed by atoms with Gasteiger partial charge in [-0.1, -0.05) is 6.07 Å². The molecule has 2 aliphatic rings. The van der Waals surface area contributed by atoms with E-state index in [2.05, 4.69) is 38.4 Å². The van der Waals surface area contributed by atoms with Gasteiger partial charge in [-0.05, 0) is 95.6 Å². The highest BCUT2D eigenvalue weighted by atomic mass is 16.5. The summed E-state index contributed by atoms with van der Waals surface area (Å²) < 4.78 is 7.71. The lowest BCUT2D eigenvalue weighted by Crippen LogP contribution is -2.37. The molecule has 198 valence electrons. The molecular weight excluding hydrogens is 464 g/mol. The summed E-state index contributed by atoms with van der Waals surface area (Å²) in [6.45, 7) is 6.65. The van der Waals surface area contributed by atoms with Gasteiger partial charge in [0, 0.05) is 36.4 Å². The van der Waals surface area contributed by atoms with E-state index in [4.69, 9.17) is 9.84 Å². The fourth-order valence-electron chi connectivity index (χ4n) is 5.99. The molecule has 1 aliphatic heterocycles. The average molecular weight is 505 g/mol. The van der Waals surface area contributed by atoms with Crippen LogP contribution in [0.25, 0.3) is 10.9 Å². The number of aryl methyl sites for hydroxylation is 1. The lowest BCUT2D eigenvalue weighted by atomic mass is 9.85. The summed E-state index contributed by atoms with van der Waals surface area (Å²) in [5.41, 5.74) is 2.70. The highest BCUT2D eigenvalue weighted by molar-refractivity contribution is 6.05. The number of pyridine rings is 1. The van der Waals surface area contributed by atoms with Crippen molar-refractivity contribution in [2.75, 3.05) is 45.7 Å². The summed E-state index contributed by atoms with van der Waals surface area (Å²) >= 11 is 0. The van der Waals surface area contributed by atoms with Crippen molar-refractivity contribution in [2.24, 2.45) is 11.8 Å². The standard InChI is InChI=1S/C29H40N6O2/c1-20-5-4-6-25(31-20)29(36)32-27-15-23-19-35(33-26(23)16-28(27)37-3)24-9-7-21(8-10-24)17-34(2)18-22-11-13-30-14-12-22/h4-6,15-16,19,21-22,24,30H,7-14,17-18H2,1-3H3,(H,32,36). The van der Waals surface area contributed by atoms with Crippen LogP contribution in [-0.2, 0) is 0 Å². The maximum absolute atomic E-state index is 12.8. The molecule has 8 nitrogen and oxygen atoms in total. The first-order valence-electron chi connectivity index (χ1n) is 13.7. The molecule has 3 heterocycles. The van der Waals surface area contributed by atoms with E-state index in [1.165, 1.54) is 51.9 Å². The fourth-order valence-corrected chi connectivity index (χ4v) is 5.99. The third-order valence-corrected chi connectivity index (χ3v) is 8.00. The number of benzene rings is 1. The SMILES string of the molecule is COc1cc2nn(C3CCC(CN(C)CC4CCNCC4)CC3)cc2cc1NC(=O)c1cccc(C)n1. The van der Waals surface area contributed by atoms with E-state index in [1.807, 2.05) is 31.2 Å². The third-order valence-electron chi connectivity index (χ3n) is 8.00. The van der Waals surface area contributed by atoms with E-state index in [0.717, 1.165) is 41.3 Å². The average Bonchev–Trinajstić information content (AvgIpc) is 3.32. The predicted molar refractivity (Wildman–Crippen MR) is 147 cm³/mol. The van der Waals surface area contributed by atoms with Crippen molar-refractivity contribution in [1.82, 2.24) is 25.0 Å². The Morgan fingerprint density at radius 1 is 1.11 bits per heavy atom. The molecule has 0 bridgehead atoms. The zero-order valence-electron chi connectivity index (χ0n) is 22.4. The zero-order valence-corrected chi connectivity index (χ0v) is 22.4. The first-order chi connectivity index (χ1) is 18.0. The Balaban J connectivity index is 1.21. The maximum Gasteiger partial charge on any atom is 0.274 e. The van der Waals surface area contributed by atoms with Crippen molar-refractivity contribution >= 4 is 22.5 Å². The second kappa shape index (κ2) is 11.6. The van der Waals surface area contributed by atoms with E-state index in [9.17, 15) is 4.79 Å². The van der Waals surface area contributed by atoms with Crippen molar-refractivity contribution in [1.29, 1.82) is 0 Å². The molecule has 37 heavy (non-hydrogen) atoms. The monoisotopic (exact) mass is 504 g/mol. The van der Waals surface area contributed by atoms with E-state index in [0.29, 0.717) is 23.2 Å². The second-order valence-electron chi connectivity index (χ2n) is 10.9. The van der Waals surface area contributed by atoms with E-state index < -0.39 is 0 Å². The molecular formula is C29H40N6O2. The molecule has 5 rings (SSSR count). The van der Waals surface area contributed by atoms with Crippen molar-refractivity contribution in [2.45, 2.75) is 51.5 Å². The number of hydrogen-bond acceptors (Lipinski definition) is 6. The van der Waals surface area contributed by atoms with Crippen molar-refractivity contribution < 1.29 is 9.53 Å². The van der Waals surface area contributed by atoms with E-state index in [1.54, 1.807) is 13.2 Å². The number of carbonyl (C=O) groups excluding carboxylic acids is 1. The van der Waals surface area contributed by atoms with E-state index in [-0.39, 0.29) is 5.91 Å². The summed E-state index contributed by atoms with van der Waals surface area (Å²) in [7, 11) is 3.91. The first kappa shape index (κ1) is 25.7. The van der Waals surface area contributed by atoms with Crippen LogP contribution in [0.5, 0.6) is 5.75 Å². The number of fused-ring (bicyclic) bond motifs is 1. The second-order valence-corrected chi connectivity index (χ2v) is 10.9. The van der Waals surface area contributed by atoms with Crippen LogP contribution in [0.4, 0.5) is 5.69 Å². The summed E-state index contributed by atoms with van der Waals surface area (Å²) in [5, 5.41) is 12.3. The molecule has 2 fully saturated rings. The highest BCUT2D eigenvalue weighted by Crippen LogP contribution is 2.35. The quantitative estimate of drug-likeness (QED) is 0.464. The molecule has 1 saturated heterocycles. The Labute approximate surface area is 219 Å². The topological polar surface area (TPSA) is 84.3 Å². The number of piperidine rings is 1. The van der Waals surface area contributed by atoms with Gasteiger partial charge in [-0.25, -0.2) is 4.98 Å². The number of nitrogens with one attached hydrogen (secondary N) is 2. The Bertz CT molecular complexity index is 1210. The minimum atomic E-state index is -0.253. The molecule has 1 saturated carbocycles. The van der Waals surface area contributed by atoms with Gasteiger partial charge < -0.3 is 20.3 Å². The molecule has 1 aliphatic carbocycles. The third kappa shape index (κ3) is 6.30. The lowest BCUT2D eigenvalue weighted by molar-refractivity contribution is 0.102. The number of hydrogen-bond donors (Lipinski definition) is 2. The molecule has 8 heteroatoms. The number of aromatic nitrogens is 3. The van der Waals surface area contributed by atoms with Crippen LogP contribution >= 0.6 is 0 Å². The molecule has 0 spiro atoms. The Morgan fingerprint density at radius 3 is 2.54 bits per heavy atom. The molecule has 1 aromatic carbocycles. The van der Waals surface area contributed by atoms with Crippen molar-refractivity contribution in [3.05, 3.63) is 47.9 Å². The van der Waals surface area contributed by atoms with Crippen molar-refractivity contribution in [3.8, 4) is 5.75 Å². The molecule has 1 amide bonds. The largest absolute Gasteiger partial charge is 0.494 e. The molecule has 3 aromatic rings. The predicted octanol–water partition coefficient (Wildman–Crippen LogP) is 4.66. The number of nitrogens with zero attached hydrogens (tertiary/aromatic N) is 4. The highest BCUT2D eigenvalue weighted by Gasteiger charge is 2.25. The normalized spacial score (nSPS) is 20.9. The Hall–Kier alpha value is -2.97. The Morgan fingerprint density at radius 2 is 1.84 bits per heavy atom. The van der Waals surface area contributed by atoms with Gasteiger partial charge in [-0.15, -0.1) is 0 Å². The molecule has 0 atom stereocenters. The van der Waals surface area contributed by atoms with Crippen LogP contribution in [-0.4, -0.2) is 65.9 Å². The van der Waals surface area contributed by atoms with Gasteiger partial charge in [0.2, 0.25) is 0 Å². The van der Waals surface area contributed by atoms with Crippen LogP contribution in [0.3, 0.4) is 0 Å². The van der Waals surface area contributed by atoms with Gasteiger partial charge >= 0.3 is 0 Å². The summed E-state index contributed by atoms with van der Waals surface area (Å²) in [5.74, 6) is 1.96. The molecule has 2 N–H and O–H groups in total. The first-order valence-corrected chi connectivity index (χ1v) is 13.7. The van der Waals surface area contributed by atoms with Gasteiger partial charge in [-0.2, -0.15) is 5.10 Å². The zero-order chi connectivity index (χ0) is 25.8. The van der Waals surface area contributed by atoms with Crippen LogP contribution in [0.15, 0.2) is 36.5 Å². The molecule has 0 unspecified atom stereocenters. The number of carbonyl (C=O) groups is 1. The van der Waals surface area contributed by atoms with Gasteiger partial charge in [-0.3, -0.25) is 9.48 Å². The summed E-state index contributed by atoms with van der Waals surface area (Å²) in [6, 6.07) is 9.70. The summed E-state index contributed by atoms with van der Waals surface area (Å²) in [4.78, 5) is 19.7. The van der Waals surface area contributed by atoms with Crippen LogP contribution in [0.2, 0.25) is 0 Å². The number of amides is 1. The number of anilines is 1. The number of methoxy groups -OCH3 is 1. The number of ether oxygens (including phenoxy) is 1. The van der Waals surface area contributed by atoms with Gasteiger partial charge in [0.05, 0.1) is 24.4 Å². The lowest BCUT2D eigenvalue weighted by Gasteiger charge is -2.33. The minimum absolute atomic E-state index is 0.253. The van der Waals surface area contributed by atoms with E-state index >= 15 is 0 Å². The number of rotatable bonds is 8. The van der Waals surface area contributed by atoms with Crippen molar-refractivity contribution in [3.63, 3.8) is 0 Å². The van der Waals surface area contributed by atoms with Crippen LogP contribution in [0, 0.1) is 18.8 Å². The smallest absolute Gasteiger partial charge is 0.274 e. The van der Waals surface area contributed by atoms with Gasteiger partial charge in [0.25, 0.3) is 5.91 Å². The fraction of sp³-hybridized carbons (Fsp3) is 0.552. The van der Waals surface area contributed by atoms with Crippen LogP contribution in [0.1, 0.15) is 60.7 Å².